The number of nitrogens with zero attached hydrogens (tertiary/aromatic N) is 3. The molecule has 2 unspecified atom stereocenters. The maximum Gasteiger partial charge on any atom is 0.274 e. The molecule has 2 atom stereocenters. The Bertz CT molecular complexity index is 971. The van der Waals surface area contributed by atoms with E-state index in [0.29, 0.717) is 24.5 Å². The van der Waals surface area contributed by atoms with Crippen molar-refractivity contribution in [3.05, 3.63) is 65.0 Å². The zero-order valence-corrected chi connectivity index (χ0v) is 16.8. The third-order valence-corrected chi connectivity index (χ3v) is 5.55. The molecule has 1 aliphatic heterocycles. The summed E-state index contributed by atoms with van der Waals surface area (Å²) in [5.41, 5.74) is 3.66. The fraction of sp³-hybridized carbons (Fsp3) is 0.364. The monoisotopic (exact) mass is 378 g/mol. The smallest absolute Gasteiger partial charge is 0.274 e. The molecule has 146 valence electrons. The van der Waals surface area contributed by atoms with Gasteiger partial charge in [-0.25, -0.2) is 0 Å². The van der Waals surface area contributed by atoms with Crippen molar-refractivity contribution in [1.29, 1.82) is 0 Å². The Kier molecular flexibility index (Phi) is 4.81. The van der Waals surface area contributed by atoms with Gasteiger partial charge < -0.3 is 14.2 Å². The number of amides is 1. The van der Waals surface area contributed by atoms with Crippen LogP contribution < -0.4 is 0 Å². The van der Waals surface area contributed by atoms with Crippen LogP contribution in [-0.4, -0.2) is 59.1 Å². The van der Waals surface area contributed by atoms with Crippen molar-refractivity contribution in [3.8, 4) is 11.5 Å². The molecule has 3 aromatic rings. The van der Waals surface area contributed by atoms with Gasteiger partial charge in [0.15, 0.2) is 11.5 Å². The van der Waals surface area contributed by atoms with Crippen LogP contribution in [0.15, 0.2) is 46.9 Å². The molecule has 0 aliphatic carbocycles. The van der Waals surface area contributed by atoms with Crippen molar-refractivity contribution in [2.75, 3.05) is 27.2 Å². The first-order valence-electron chi connectivity index (χ1n) is 9.57. The minimum Gasteiger partial charge on any atom is -0.460 e. The standard InChI is InChI=1S/C22H26N4O2/c1-14-5-8-16(9-6-14)17-12-26(13-20(17)25(3)4)22(27)19-11-18(23-24-19)21-10-7-15(2)28-21/h5-11,17,20H,12-13H2,1-4H3,(H,23,24). The predicted octanol–water partition coefficient (Wildman–Crippen LogP) is 3.46. The summed E-state index contributed by atoms with van der Waals surface area (Å²) >= 11 is 0. The summed E-state index contributed by atoms with van der Waals surface area (Å²) in [7, 11) is 4.15. The predicted molar refractivity (Wildman–Crippen MR) is 108 cm³/mol. The number of likely N-dealkylation sites (tertiary alicyclic amines) is 1. The fourth-order valence-electron chi connectivity index (χ4n) is 3.92. The molecule has 3 heterocycles. The molecule has 1 fully saturated rings. The second-order valence-electron chi connectivity index (χ2n) is 7.84. The molecule has 2 aromatic heterocycles. The lowest BCUT2D eigenvalue weighted by atomic mass is 9.93. The molecule has 0 bridgehead atoms. The average Bonchev–Trinajstić information content (AvgIpc) is 3.40. The van der Waals surface area contributed by atoms with Crippen LogP contribution >= 0.6 is 0 Å². The second-order valence-corrected chi connectivity index (χ2v) is 7.84. The van der Waals surface area contributed by atoms with Gasteiger partial charge in [-0.3, -0.25) is 9.89 Å². The summed E-state index contributed by atoms with van der Waals surface area (Å²) in [5.74, 6) is 1.75. The van der Waals surface area contributed by atoms with Gasteiger partial charge in [0.25, 0.3) is 5.91 Å². The highest BCUT2D eigenvalue weighted by atomic mass is 16.3. The molecule has 0 saturated carbocycles. The lowest BCUT2D eigenvalue weighted by Gasteiger charge is -2.25. The first-order chi connectivity index (χ1) is 13.4. The van der Waals surface area contributed by atoms with E-state index >= 15 is 0 Å². The highest BCUT2D eigenvalue weighted by Gasteiger charge is 2.38. The minimum atomic E-state index is -0.0489. The van der Waals surface area contributed by atoms with Crippen molar-refractivity contribution in [3.63, 3.8) is 0 Å². The topological polar surface area (TPSA) is 65.4 Å². The van der Waals surface area contributed by atoms with Crippen LogP contribution in [0.5, 0.6) is 0 Å². The third-order valence-electron chi connectivity index (χ3n) is 5.55. The van der Waals surface area contributed by atoms with E-state index in [2.05, 4.69) is 60.4 Å². The van der Waals surface area contributed by atoms with E-state index < -0.39 is 0 Å². The lowest BCUT2D eigenvalue weighted by Crippen LogP contribution is -2.36. The number of hydrogen-bond donors (Lipinski definition) is 1. The van der Waals surface area contributed by atoms with Crippen LogP contribution in [-0.2, 0) is 0 Å². The maximum atomic E-state index is 13.1. The molecule has 6 heteroatoms. The van der Waals surface area contributed by atoms with Crippen molar-refractivity contribution >= 4 is 5.91 Å². The van der Waals surface area contributed by atoms with Gasteiger partial charge in [0.05, 0.1) is 0 Å². The van der Waals surface area contributed by atoms with E-state index in [1.807, 2.05) is 24.0 Å². The van der Waals surface area contributed by atoms with Crippen molar-refractivity contribution in [2.45, 2.75) is 25.8 Å². The number of aromatic amines is 1. The normalized spacial score (nSPS) is 19.5. The van der Waals surface area contributed by atoms with Crippen LogP contribution in [0.1, 0.15) is 33.3 Å². The van der Waals surface area contributed by atoms with Crippen LogP contribution in [0, 0.1) is 13.8 Å². The van der Waals surface area contributed by atoms with Gasteiger partial charge >= 0.3 is 0 Å². The molecule has 6 nitrogen and oxygen atoms in total. The van der Waals surface area contributed by atoms with Crippen LogP contribution in [0.2, 0.25) is 0 Å². The highest BCUT2D eigenvalue weighted by Crippen LogP contribution is 2.31. The number of H-pyrrole nitrogens is 1. The second kappa shape index (κ2) is 7.28. The molecule has 1 N–H and O–H groups in total. The van der Waals surface area contributed by atoms with E-state index in [4.69, 9.17) is 4.42 Å². The Labute approximate surface area is 165 Å². The summed E-state index contributed by atoms with van der Waals surface area (Å²) in [5, 5.41) is 7.16. The van der Waals surface area contributed by atoms with E-state index in [-0.39, 0.29) is 17.9 Å². The molecule has 1 aromatic carbocycles. The summed E-state index contributed by atoms with van der Waals surface area (Å²) < 4.78 is 5.62. The zero-order valence-electron chi connectivity index (χ0n) is 16.8. The molecule has 0 radical (unpaired) electrons. The lowest BCUT2D eigenvalue weighted by molar-refractivity contribution is 0.0776. The maximum absolute atomic E-state index is 13.1. The van der Waals surface area contributed by atoms with Crippen molar-refractivity contribution in [1.82, 2.24) is 20.0 Å². The fourth-order valence-corrected chi connectivity index (χ4v) is 3.92. The Balaban J connectivity index is 1.55. The number of benzene rings is 1. The Morgan fingerprint density at radius 2 is 1.89 bits per heavy atom. The summed E-state index contributed by atoms with van der Waals surface area (Å²) in [6, 6.07) is 14.4. The van der Waals surface area contributed by atoms with E-state index in [1.165, 1.54) is 11.1 Å². The SMILES string of the molecule is Cc1ccc(C2CN(C(=O)c3cc(-c4ccc(C)o4)[nH]n3)CC2N(C)C)cc1. The largest absolute Gasteiger partial charge is 0.460 e. The zero-order chi connectivity index (χ0) is 19.8. The molecule has 4 rings (SSSR count). The number of nitrogens with one attached hydrogen (secondary N) is 1. The number of rotatable bonds is 4. The molecule has 1 aliphatic rings. The van der Waals surface area contributed by atoms with E-state index in [9.17, 15) is 4.79 Å². The van der Waals surface area contributed by atoms with E-state index in [1.54, 1.807) is 6.07 Å². The van der Waals surface area contributed by atoms with Gasteiger partial charge in [-0.1, -0.05) is 29.8 Å². The van der Waals surface area contributed by atoms with Gasteiger partial charge in [0.2, 0.25) is 0 Å². The third kappa shape index (κ3) is 3.47. The van der Waals surface area contributed by atoms with Crippen LogP contribution in [0.3, 0.4) is 0 Å². The van der Waals surface area contributed by atoms with Gasteiger partial charge in [-0.2, -0.15) is 5.10 Å². The van der Waals surface area contributed by atoms with Crippen LogP contribution in [0.4, 0.5) is 0 Å². The first kappa shape index (κ1) is 18.5. The molecule has 1 amide bonds. The summed E-state index contributed by atoms with van der Waals surface area (Å²) in [6.45, 7) is 5.36. The van der Waals surface area contributed by atoms with Crippen LogP contribution in [0.25, 0.3) is 11.5 Å². The Morgan fingerprint density at radius 1 is 1.14 bits per heavy atom. The van der Waals surface area contributed by atoms with Gasteiger partial charge in [-0.05, 0) is 45.6 Å². The van der Waals surface area contributed by atoms with Crippen molar-refractivity contribution in [2.24, 2.45) is 0 Å². The summed E-state index contributed by atoms with van der Waals surface area (Å²) in [4.78, 5) is 17.2. The number of aromatic nitrogens is 2. The number of likely N-dealkylation sites (N-methyl/N-ethyl adjacent to an activating group) is 1. The highest BCUT2D eigenvalue weighted by molar-refractivity contribution is 5.93. The van der Waals surface area contributed by atoms with E-state index in [0.717, 1.165) is 11.5 Å². The number of aryl methyl sites for hydroxylation is 2. The van der Waals surface area contributed by atoms with Gasteiger partial charge in [-0.15, -0.1) is 0 Å². The van der Waals surface area contributed by atoms with Crippen molar-refractivity contribution < 1.29 is 9.21 Å². The Morgan fingerprint density at radius 3 is 2.54 bits per heavy atom. The quantitative estimate of drug-likeness (QED) is 0.755. The number of carbonyl (C=O) groups is 1. The number of hydrogen-bond acceptors (Lipinski definition) is 4. The summed E-state index contributed by atoms with van der Waals surface area (Å²) in [6.07, 6.45) is 0. The number of carbonyl (C=O) groups excluding carboxylic acids is 1. The molecule has 28 heavy (non-hydrogen) atoms. The van der Waals surface area contributed by atoms with Gasteiger partial charge in [0, 0.05) is 31.1 Å². The molecule has 0 spiro atoms. The molecular weight excluding hydrogens is 352 g/mol. The molecule has 1 saturated heterocycles. The Hall–Kier alpha value is -2.86. The molecular formula is C22H26N4O2. The van der Waals surface area contributed by atoms with Gasteiger partial charge in [0.1, 0.15) is 11.5 Å². The first-order valence-corrected chi connectivity index (χ1v) is 9.57. The number of furan rings is 1. The average molecular weight is 378 g/mol. The minimum absolute atomic E-state index is 0.0489.